The SMILES string of the molecule is CC(C)c1noc2ncc(C(=O)OCC(=O)c3ccc(NC(=O)c4ccccc4)cc3)cc12. The van der Waals surface area contributed by atoms with Gasteiger partial charge in [-0.3, -0.25) is 9.59 Å². The summed E-state index contributed by atoms with van der Waals surface area (Å²) < 4.78 is 10.3. The molecule has 1 N–H and O–H groups in total. The highest BCUT2D eigenvalue weighted by atomic mass is 16.5. The van der Waals surface area contributed by atoms with Gasteiger partial charge in [0.05, 0.1) is 16.6 Å². The summed E-state index contributed by atoms with van der Waals surface area (Å²) in [5.41, 5.74) is 2.68. The lowest BCUT2D eigenvalue weighted by Gasteiger charge is -2.07. The predicted molar refractivity (Wildman–Crippen MR) is 121 cm³/mol. The van der Waals surface area contributed by atoms with E-state index in [-0.39, 0.29) is 23.2 Å². The van der Waals surface area contributed by atoms with E-state index in [9.17, 15) is 14.4 Å². The Balaban J connectivity index is 1.36. The summed E-state index contributed by atoms with van der Waals surface area (Å²) in [7, 11) is 0. The molecule has 0 atom stereocenters. The molecule has 0 unspecified atom stereocenters. The van der Waals surface area contributed by atoms with Gasteiger partial charge in [0.15, 0.2) is 12.4 Å². The van der Waals surface area contributed by atoms with Gasteiger partial charge < -0.3 is 14.6 Å². The highest BCUT2D eigenvalue weighted by molar-refractivity contribution is 6.05. The monoisotopic (exact) mass is 443 g/mol. The van der Waals surface area contributed by atoms with Crippen molar-refractivity contribution >= 4 is 34.4 Å². The number of carbonyl (C=O) groups is 3. The van der Waals surface area contributed by atoms with E-state index in [2.05, 4.69) is 15.5 Å². The molecular weight excluding hydrogens is 422 g/mol. The first kappa shape index (κ1) is 21.9. The number of carbonyl (C=O) groups excluding carboxylic acids is 3. The minimum absolute atomic E-state index is 0.0985. The van der Waals surface area contributed by atoms with Crippen molar-refractivity contribution in [2.24, 2.45) is 0 Å². The lowest BCUT2D eigenvalue weighted by molar-refractivity contribution is 0.0474. The van der Waals surface area contributed by atoms with Gasteiger partial charge in [-0.15, -0.1) is 0 Å². The first-order valence-electron chi connectivity index (χ1n) is 10.3. The molecule has 0 radical (unpaired) electrons. The molecule has 2 heterocycles. The van der Waals surface area contributed by atoms with Crippen molar-refractivity contribution < 1.29 is 23.6 Å². The molecule has 0 aliphatic rings. The van der Waals surface area contributed by atoms with E-state index in [0.29, 0.717) is 33.6 Å². The van der Waals surface area contributed by atoms with Crippen LogP contribution in [0.4, 0.5) is 5.69 Å². The van der Waals surface area contributed by atoms with Gasteiger partial charge in [-0.05, 0) is 48.4 Å². The fourth-order valence-electron chi connectivity index (χ4n) is 3.21. The summed E-state index contributed by atoms with van der Waals surface area (Å²) in [6, 6.07) is 16.8. The fraction of sp³-hybridized carbons (Fsp3) is 0.160. The maximum atomic E-state index is 12.4. The van der Waals surface area contributed by atoms with Crippen molar-refractivity contribution in [3.63, 3.8) is 0 Å². The number of aromatic nitrogens is 2. The minimum atomic E-state index is -0.666. The highest BCUT2D eigenvalue weighted by Crippen LogP contribution is 2.24. The Morgan fingerprint density at radius 1 is 0.970 bits per heavy atom. The van der Waals surface area contributed by atoms with Gasteiger partial charge in [0.25, 0.3) is 11.6 Å². The Morgan fingerprint density at radius 2 is 1.70 bits per heavy atom. The van der Waals surface area contributed by atoms with Crippen molar-refractivity contribution in [3.8, 4) is 0 Å². The van der Waals surface area contributed by atoms with Gasteiger partial charge in [0.2, 0.25) is 0 Å². The number of ketones is 1. The second-order valence-electron chi connectivity index (χ2n) is 7.70. The molecule has 2 aromatic carbocycles. The van der Waals surface area contributed by atoms with Crippen LogP contribution >= 0.6 is 0 Å². The van der Waals surface area contributed by atoms with E-state index in [4.69, 9.17) is 9.26 Å². The molecular formula is C25H21N3O5. The number of rotatable bonds is 7. The molecule has 2 aromatic heterocycles. The van der Waals surface area contributed by atoms with Crippen LogP contribution in [0.3, 0.4) is 0 Å². The Hall–Kier alpha value is -4.33. The van der Waals surface area contributed by atoms with E-state index in [0.717, 1.165) is 0 Å². The number of fused-ring (bicyclic) bond motifs is 1. The number of nitrogens with one attached hydrogen (secondary N) is 1. The standard InChI is InChI=1S/C25H21N3O5/c1-15(2)22-20-12-18(13-26-24(20)33-28-22)25(31)32-14-21(29)16-8-10-19(11-9-16)27-23(30)17-6-4-3-5-7-17/h3-13,15H,14H2,1-2H3,(H,27,30). The van der Waals surface area contributed by atoms with Crippen LogP contribution in [-0.2, 0) is 4.74 Å². The third-order valence-electron chi connectivity index (χ3n) is 4.98. The van der Waals surface area contributed by atoms with Crippen molar-refractivity contribution in [1.29, 1.82) is 0 Å². The van der Waals surface area contributed by atoms with Crippen LogP contribution in [0.1, 0.15) is 56.5 Å². The largest absolute Gasteiger partial charge is 0.454 e. The van der Waals surface area contributed by atoms with Crippen LogP contribution in [-0.4, -0.2) is 34.4 Å². The Kier molecular flexibility index (Phi) is 6.26. The summed E-state index contributed by atoms with van der Waals surface area (Å²) in [5.74, 6) is -1.18. The van der Waals surface area contributed by atoms with Gasteiger partial charge in [0, 0.05) is 23.0 Å². The zero-order valence-electron chi connectivity index (χ0n) is 18.1. The maximum absolute atomic E-state index is 12.4. The third kappa shape index (κ3) is 4.95. The molecule has 0 spiro atoms. The van der Waals surface area contributed by atoms with E-state index < -0.39 is 12.6 Å². The van der Waals surface area contributed by atoms with Gasteiger partial charge in [-0.25, -0.2) is 9.78 Å². The number of pyridine rings is 1. The summed E-state index contributed by atoms with van der Waals surface area (Å²) >= 11 is 0. The number of nitrogens with zero attached hydrogens (tertiary/aromatic N) is 2. The Morgan fingerprint density at radius 3 is 2.39 bits per heavy atom. The van der Waals surface area contributed by atoms with Crippen LogP contribution in [0.25, 0.3) is 11.1 Å². The van der Waals surface area contributed by atoms with Gasteiger partial charge in [-0.1, -0.05) is 37.2 Å². The second kappa shape index (κ2) is 9.44. The minimum Gasteiger partial charge on any atom is -0.454 e. The van der Waals surface area contributed by atoms with Gasteiger partial charge in [0.1, 0.15) is 0 Å². The van der Waals surface area contributed by atoms with Gasteiger partial charge in [-0.2, -0.15) is 0 Å². The number of hydrogen-bond donors (Lipinski definition) is 1. The summed E-state index contributed by atoms with van der Waals surface area (Å²) in [5, 5.41) is 7.38. The normalized spacial score (nSPS) is 10.9. The Bertz CT molecular complexity index is 1310. The van der Waals surface area contributed by atoms with Crippen molar-refractivity contribution in [2.45, 2.75) is 19.8 Å². The third-order valence-corrected chi connectivity index (χ3v) is 4.98. The molecule has 166 valence electrons. The van der Waals surface area contributed by atoms with Crippen molar-refractivity contribution in [1.82, 2.24) is 10.1 Å². The molecule has 0 saturated carbocycles. The molecule has 33 heavy (non-hydrogen) atoms. The molecule has 4 aromatic rings. The quantitative estimate of drug-likeness (QED) is 0.327. The summed E-state index contributed by atoms with van der Waals surface area (Å²) in [6.07, 6.45) is 1.33. The van der Waals surface area contributed by atoms with Crippen molar-refractivity contribution in [2.75, 3.05) is 11.9 Å². The highest BCUT2D eigenvalue weighted by Gasteiger charge is 2.17. The van der Waals surface area contributed by atoms with Crippen LogP contribution < -0.4 is 5.32 Å². The maximum Gasteiger partial charge on any atom is 0.340 e. The molecule has 8 heteroatoms. The topological polar surface area (TPSA) is 111 Å². The van der Waals surface area contributed by atoms with Crippen LogP contribution in [0, 0.1) is 0 Å². The van der Waals surface area contributed by atoms with E-state index in [1.165, 1.54) is 6.20 Å². The zero-order chi connectivity index (χ0) is 23.4. The number of esters is 1. The first-order chi connectivity index (χ1) is 15.9. The number of ether oxygens (including phenoxy) is 1. The number of anilines is 1. The molecule has 8 nitrogen and oxygen atoms in total. The first-order valence-corrected chi connectivity index (χ1v) is 10.3. The molecule has 4 rings (SSSR count). The lowest BCUT2D eigenvalue weighted by atomic mass is 10.1. The van der Waals surface area contributed by atoms with Crippen molar-refractivity contribution in [3.05, 3.63) is 89.2 Å². The molecule has 0 aliphatic carbocycles. The van der Waals surface area contributed by atoms with E-state index in [1.807, 2.05) is 19.9 Å². The van der Waals surface area contributed by atoms with Crippen LogP contribution in [0.15, 0.2) is 71.4 Å². The van der Waals surface area contributed by atoms with E-state index >= 15 is 0 Å². The molecule has 1 amide bonds. The summed E-state index contributed by atoms with van der Waals surface area (Å²) in [6.45, 7) is 3.49. The van der Waals surface area contributed by atoms with E-state index in [1.54, 1.807) is 54.6 Å². The molecule has 0 saturated heterocycles. The average Bonchev–Trinajstić information content (AvgIpc) is 3.27. The fourth-order valence-corrected chi connectivity index (χ4v) is 3.21. The van der Waals surface area contributed by atoms with Gasteiger partial charge >= 0.3 is 5.97 Å². The number of benzene rings is 2. The molecule has 0 fully saturated rings. The summed E-state index contributed by atoms with van der Waals surface area (Å²) in [4.78, 5) is 41.2. The molecule has 0 aliphatic heterocycles. The average molecular weight is 443 g/mol. The number of hydrogen-bond acceptors (Lipinski definition) is 7. The molecule has 0 bridgehead atoms. The smallest absolute Gasteiger partial charge is 0.340 e. The van der Waals surface area contributed by atoms with Crippen LogP contribution in [0.5, 0.6) is 0 Å². The lowest BCUT2D eigenvalue weighted by Crippen LogP contribution is -2.15. The second-order valence-corrected chi connectivity index (χ2v) is 7.70. The zero-order valence-corrected chi connectivity index (χ0v) is 18.1. The Labute approximate surface area is 189 Å². The predicted octanol–water partition coefficient (Wildman–Crippen LogP) is 4.64. The van der Waals surface area contributed by atoms with Crippen LogP contribution in [0.2, 0.25) is 0 Å². The number of amides is 1. The number of Topliss-reactive ketones (excluding diaryl/α,β-unsaturated/α-hetero) is 1.